The molecule has 0 aliphatic rings. The van der Waals surface area contributed by atoms with Crippen LogP contribution in [0.4, 0.5) is 0 Å². The van der Waals surface area contributed by atoms with Crippen molar-refractivity contribution in [2.75, 3.05) is 12.9 Å². The van der Waals surface area contributed by atoms with Crippen LogP contribution in [0.3, 0.4) is 0 Å². The number of nitrogens with two attached hydrogens (primary N) is 2. The Morgan fingerprint density at radius 1 is 1.44 bits per heavy atom. The molecule has 0 aliphatic heterocycles. The number of carbonyl (C=O) groups is 2. The number of thioether (sulfide) groups is 1. The zero-order valence-corrected chi connectivity index (χ0v) is 10.9. The van der Waals surface area contributed by atoms with Crippen molar-refractivity contribution in [3.8, 4) is 0 Å². The molecule has 0 spiro atoms. The molecule has 1 rings (SSSR count). The number of esters is 1. The largest absolute Gasteiger partial charge is 0.468 e. The van der Waals surface area contributed by atoms with Gasteiger partial charge < -0.3 is 16.2 Å². The summed E-state index contributed by atoms with van der Waals surface area (Å²) in [4.78, 5) is 22.1. The van der Waals surface area contributed by atoms with Gasteiger partial charge in [0.15, 0.2) is 0 Å². The van der Waals surface area contributed by atoms with E-state index in [0.717, 1.165) is 5.56 Å². The summed E-state index contributed by atoms with van der Waals surface area (Å²) in [7, 11) is 1.31. The van der Waals surface area contributed by atoms with Crippen molar-refractivity contribution in [2.45, 2.75) is 11.8 Å². The first-order chi connectivity index (χ1) is 8.54. The molecule has 4 N–H and O–H groups in total. The minimum atomic E-state index is -0.626. The number of ether oxygens (including phenoxy) is 1. The lowest BCUT2D eigenvalue weighted by Crippen LogP contribution is -2.33. The Balaban J connectivity index is 2.46. The Kier molecular flexibility index (Phi) is 5.67. The lowest BCUT2D eigenvalue weighted by molar-refractivity contribution is -0.141. The number of hydrogen-bond acceptors (Lipinski definition) is 5. The molecule has 0 aromatic heterocycles. The van der Waals surface area contributed by atoms with Gasteiger partial charge in [0.05, 0.1) is 7.11 Å². The van der Waals surface area contributed by atoms with Gasteiger partial charge in [0.25, 0.3) is 0 Å². The van der Waals surface area contributed by atoms with Crippen LogP contribution in [0.25, 0.3) is 0 Å². The van der Waals surface area contributed by atoms with E-state index in [0.29, 0.717) is 17.1 Å². The normalized spacial score (nSPS) is 11.9. The van der Waals surface area contributed by atoms with Crippen molar-refractivity contribution in [1.29, 1.82) is 0 Å². The van der Waals surface area contributed by atoms with Gasteiger partial charge in [-0.05, 0) is 17.7 Å². The molecular formula is C12H16N2O3S. The highest BCUT2D eigenvalue weighted by molar-refractivity contribution is 7.98. The minimum Gasteiger partial charge on any atom is -0.468 e. The monoisotopic (exact) mass is 268 g/mol. The molecule has 0 heterocycles. The van der Waals surface area contributed by atoms with Crippen molar-refractivity contribution < 1.29 is 14.3 Å². The number of carbonyl (C=O) groups excluding carboxylic acids is 2. The van der Waals surface area contributed by atoms with Gasteiger partial charge in [-0.3, -0.25) is 9.59 Å². The van der Waals surface area contributed by atoms with Crippen LogP contribution < -0.4 is 11.5 Å². The molecule has 98 valence electrons. The lowest BCUT2D eigenvalue weighted by Gasteiger charge is -2.08. The molecular weight excluding hydrogens is 252 g/mol. The molecule has 0 saturated heterocycles. The molecule has 5 nitrogen and oxygen atoms in total. The summed E-state index contributed by atoms with van der Waals surface area (Å²) in [6.45, 7) is 0. The van der Waals surface area contributed by atoms with Crippen molar-refractivity contribution in [2.24, 2.45) is 11.5 Å². The zero-order chi connectivity index (χ0) is 13.5. The maximum absolute atomic E-state index is 11.1. The molecule has 0 saturated carbocycles. The van der Waals surface area contributed by atoms with E-state index in [1.165, 1.54) is 18.9 Å². The molecule has 0 fully saturated rings. The van der Waals surface area contributed by atoms with E-state index >= 15 is 0 Å². The average molecular weight is 268 g/mol. The smallest absolute Gasteiger partial charge is 0.323 e. The van der Waals surface area contributed by atoms with E-state index < -0.39 is 17.9 Å². The third-order valence-corrected chi connectivity index (χ3v) is 3.41. The van der Waals surface area contributed by atoms with Crippen molar-refractivity contribution in [3.63, 3.8) is 0 Å². The molecule has 18 heavy (non-hydrogen) atoms. The second-order valence-electron chi connectivity index (χ2n) is 3.71. The highest BCUT2D eigenvalue weighted by Gasteiger charge is 2.13. The van der Waals surface area contributed by atoms with Gasteiger partial charge in [0, 0.05) is 17.1 Å². The van der Waals surface area contributed by atoms with E-state index in [1.807, 2.05) is 6.07 Å². The van der Waals surface area contributed by atoms with Gasteiger partial charge in [-0.2, -0.15) is 11.8 Å². The van der Waals surface area contributed by atoms with Crippen molar-refractivity contribution in [1.82, 2.24) is 0 Å². The van der Waals surface area contributed by atoms with Crippen LogP contribution in [-0.2, 0) is 15.3 Å². The first-order valence-electron chi connectivity index (χ1n) is 5.34. The summed E-state index contributed by atoms with van der Waals surface area (Å²) in [5.41, 5.74) is 12.2. The van der Waals surface area contributed by atoms with E-state index in [-0.39, 0.29) is 0 Å². The predicted octanol–water partition coefficient (Wildman–Crippen LogP) is 0.519. The van der Waals surface area contributed by atoms with Crippen LogP contribution in [0, 0.1) is 0 Å². The molecule has 1 amide bonds. The predicted molar refractivity (Wildman–Crippen MR) is 71.1 cm³/mol. The highest BCUT2D eigenvalue weighted by atomic mass is 32.2. The zero-order valence-electron chi connectivity index (χ0n) is 10.1. The number of amides is 1. The van der Waals surface area contributed by atoms with Crippen LogP contribution in [0.1, 0.15) is 15.9 Å². The maximum Gasteiger partial charge on any atom is 0.323 e. The summed E-state index contributed by atoms with van der Waals surface area (Å²) in [5.74, 6) is 0.251. The van der Waals surface area contributed by atoms with Crippen LogP contribution >= 0.6 is 11.8 Å². The fraction of sp³-hybridized carbons (Fsp3) is 0.333. The number of hydrogen-bond donors (Lipinski definition) is 2. The Morgan fingerprint density at radius 3 is 2.78 bits per heavy atom. The Morgan fingerprint density at radius 2 is 2.17 bits per heavy atom. The first kappa shape index (κ1) is 14.5. The van der Waals surface area contributed by atoms with Crippen LogP contribution in [-0.4, -0.2) is 30.8 Å². The topological polar surface area (TPSA) is 95.4 Å². The van der Waals surface area contributed by atoms with Crippen LogP contribution in [0.15, 0.2) is 24.3 Å². The van der Waals surface area contributed by atoms with E-state index in [2.05, 4.69) is 4.74 Å². The molecule has 1 unspecified atom stereocenters. The molecule has 1 atom stereocenters. The lowest BCUT2D eigenvalue weighted by atomic mass is 10.1. The van der Waals surface area contributed by atoms with Gasteiger partial charge >= 0.3 is 5.97 Å². The van der Waals surface area contributed by atoms with E-state index in [1.54, 1.807) is 18.2 Å². The first-order valence-corrected chi connectivity index (χ1v) is 6.50. The van der Waals surface area contributed by atoms with Crippen LogP contribution in [0.2, 0.25) is 0 Å². The Labute approximate surface area is 110 Å². The molecule has 0 radical (unpaired) electrons. The minimum absolute atomic E-state index is 0.423. The van der Waals surface area contributed by atoms with E-state index in [9.17, 15) is 9.59 Å². The fourth-order valence-electron chi connectivity index (χ4n) is 1.34. The number of primary amides is 1. The summed E-state index contributed by atoms with van der Waals surface area (Å²) in [6, 6.07) is 6.44. The second kappa shape index (κ2) is 7.03. The van der Waals surface area contributed by atoms with Gasteiger partial charge in [-0.1, -0.05) is 12.1 Å². The summed E-state index contributed by atoms with van der Waals surface area (Å²) in [5, 5.41) is 0. The highest BCUT2D eigenvalue weighted by Crippen LogP contribution is 2.14. The third-order valence-electron chi connectivity index (χ3n) is 2.28. The Hall–Kier alpha value is -1.53. The van der Waals surface area contributed by atoms with Crippen molar-refractivity contribution >= 4 is 23.6 Å². The number of rotatable bonds is 6. The average Bonchev–Trinajstić information content (AvgIpc) is 2.38. The van der Waals surface area contributed by atoms with Gasteiger partial charge in [0.1, 0.15) is 6.04 Å². The summed E-state index contributed by atoms with van der Waals surface area (Å²) in [6.07, 6.45) is 0. The maximum atomic E-state index is 11.1. The fourth-order valence-corrected chi connectivity index (χ4v) is 2.26. The number of benzene rings is 1. The van der Waals surface area contributed by atoms with Gasteiger partial charge in [0.2, 0.25) is 5.91 Å². The summed E-state index contributed by atoms with van der Waals surface area (Å²) >= 11 is 1.50. The van der Waals surface area contributed by atoms with Crippen LogP contribution in [0.5, 0.6) is 0 Å². The Bertz CT molecular complexity index is 437. The molecule has 0 bridgehead atoms. The standard InChI is InChI=1S/C12H16N2O3S/c1-17-12(16)10(13)7-18-6-8-3-2-4-9(5-8)11(14)15/h2-5,10H,6-7,13H2,1H3,(H2,14,15). The SMILES string of the molecule is COC(=O)C(N)CSCc1cccc(C(N)=O)c1. The van der Waals surface area contributed by atoms with Gasteiger partial charge in [-0.25, -0.2) is 0 Å². The van der Waals surface area contributed by atoms with E-state index in [4.69, 9.17) is 11.5 Å². The summed E-state index contributed by atoms with van der Waals surface area (Å²) < 4.78 is 4.53. The molecule has 1 aromatic rings. The quantitative estimate of drug-likeness (QED) is 0.733. The van der Waals surface area contributed by atoms with Crippen molar-refractivity contribution in [3.05, 3.63) is 35.4 Å². The molecule has 1 aromatic carbocycles. The third kappa shape index (κ3) is 4.38. The second-order valence-corrected chi connectivity index (χ2v) is 4.74. The van der Waals surface area contributed by atoms with Gasteiger partial charge in [-0.15, -0.1) is 0 Å². The number of methoxy groups -OCH3 is 1. The molecule has 0 aliphatic carbocycles. The molecule has 6 heteroatoms.